The van der Waals surface area contributed by atoms with Gasteiger partial charge in [-0.1, -0.05) is 15.9 Å². The highest BCUT2D eigenvalue weighted by Gasteiger charge is 2.00. The minimum Gasteiger partial charge on any atom is -0.491 e. The summed E-state index contributed by atoms with van der Waals surface area (Å²) in [6, 6.07) is 7.32. The zero-order chi connectivity index (χ0) is 12.5. The lowest BCUT2D eigenvalue weighted by molar-refractivity contribution is 0.0544. The summed E-state index contributed by atoms with van der Waals surface area (Å²) in [7, 11) is 1.63. The molecular formula is C12H14BrNO3. The van der Waals surface area contributed by atoms with Gasteiger partial charge in [0.25, 0.3) is 0 Å². The molecule has 0 aromatic heterocycles. The average Bonchev–Trinajstić information content (AvgIpc) is 2.33. The Bertz CT molecular complexity index is 390. The van der Waals surface area contributed by atoms with Crippen molar-refractivity contribution in [1.82, 2.24) is 0 Å². The minimum absolute atomic E-state index is 0.449. The van der Waals surface area contributed by atoms with Gasteiger partial charge in [0, 0.05) is 11.6 Å². The van der Waals surface area contributed by atoms with Crippen LogP contribution in [0.5, 0.6) is 5.75 Å². The number of methoxy groups -OCH3 is 1. The molecule has 1 aromatic carbocycles. The predicted molar refractivity (Wildman–Crippen MR) is 67.0 cm³/mol. The Labute approximate surface area is 109 Å². The number of hydrogen-bond acceptors (Lipinski definition) is 4. The van der Waals surface area contributed by atoms with E-state index in [-0.39, 0.29) is 0 Å². The molecule has 0 atom stereocenters. The molecule has 0 fully saturated rings. The SMILES string of the molecule is COCCOCCOc1cc(Br)cc(C#N)c1. The number of rotatable bonds is 7. The topological polar surface area (TPSA) is 51.5 Å². The van der Waals surface area contributed by atoms with Crippen molar-refractivity contribution in [2.75, 3.05) is 33.5 Å². The van der Waals surface area contributed by atoms with E-state index in [2.05, 4.69) is 22.0 Å². The van der Waals surface area contributed by atoms with Crippen LogP contribution in [0.2, 0.25) is 0 Å². The number of benzene rings is 1. The fraction of sp³-hybridized carbons (Fsp3) is 0.417. The first-order valence-corrected chi connectivity index (χ1v) is 5.95. The maximum atomic E-state index is 8.79. The lowest BCUT2D eigenvalue weighted by atomic mass is 10.2. The molecule has 0 saturated carbocycles. The quantitative estimate of drug-likeness (QED) is 0.725. The van der Waals surface area contributed by atoms with Gasteiger partial charge in [-0.3, -0.25) is 0 Å². The molecule has 1 rings (SSSR count). The van der Waals surface area contributed by atoms with Crippen LogP contribution in [-0.4, -0.2) is 33.5 Å². The van der Waals surface area contributed by atoms with E-state index in [1.54, 1.807) is 19.2 Å². The zero-order valence-electron chi connectivity index (χ0n) is 9.61. The van der Waals surface area contributed by atoms with Crippen molar-refractivity contribution in [2.45, 2.75) is 0 Å². The van der Waals surface area contributed by atoms with Crippen LogP contribution in [0, 0.1) is 11.3 Å². The number of hydrogen-bond donors (Lipinski definition) is 0. The summed E-state index contributed by atoms with van der Waals surface area (Å²) in [5.74, 6) is 0.659. The summed E-state index contributed by atoms with van der Waals surface area (Å²) in [5, 5.41) is 8.79. The van der Waals surface area contributed by atoms with Gasteiger partial charge < -0.3 is 14.2 Å². The van der Waals surface area contributed by atoms with Gasteiger partial charge in [-0.25, -0.2) is 0 Å². The van der Waals surface area contributed by atoms with Gasteiger partial charge in [0.15, 0.2) is 0 Å². The van der Waals surface area contributed by atoms with E-state index in [1.807, 2.05) is 6.07 Å². The van der Waals surface area contributed by atoms with Crippen molar-refractivity contribution in [3.63, 3.8) is 0 Å². The fourth-order valence-electron chi connectivity index (χ4n) is 1.17. The lowest BCUT2D eigenvalue weighted by Gasteiger charge is -2.07. The molecule has 17 heavy (non-hydrogen) atoms. The molecule has 0 unspecified atom stereocenters. The summed E-state index contributed by atoms with van der Waals surface area (Å²) < 4.78 is 16.4. The molecule has 0 aliphatic heterocycles. The third kappa shape index (κ3) is 5.68. The number of nitriles is 1. The van der Waals surface area contributed by atoms with Gasteiger partial charge in [0.2, 0.25) is 0 Å². The van der Waals surface area contributed by atoms with Gasteiger partial charge in [0.1, 0.15) is 12.4 Å². The van der Waals surface area contributed by atoms with Crippen molar-refractivity contribution in [2.24, 2.45) is 0 Å². The predicted octanol–water partition coefficient (Wildman–Crippen LogP) is 2.36. The van der Waals surface area contributed by atoms with Crippen LogP contribution in [-0.2, 0) is 9.47 Å². The summed E-state index contributed by atoms with van der Waals surface area (Å²) in [4.78, 5) is 0. The van der Waals surface area contributed by atoms with Crippen LogP contribution in [0.4, 0.5) is 0 Å². The van der Waals surface area contributed by atoms with Crippen molar-refractivity contribution in [3.05, 3.63) is 28.2 Å². The molecule has 1 aromatic rings. The molecule has 0 aliphatic rings. The second-order valence-electron chi connectivity index (χ2n) is 3.24. The standard InChI is InChI=1S/C12H14BrNO3/c1-15-2-3-16-4-5-17-12-7-10(9-14)6-11(13)8-12/h6-8H,2-5H2,1H3. The Hall–Kier alpha value is -1.09. The van der Waals surface area contributed by atoms with Gasteiger partial charge >= 0.3 is 0 Å². The molecule has 0 bridgehead atoms. The van der Waals surface area contributed by atoms with E-state index in [0.29, 0.717) is 37.7 Å². The molecule has 0 heterocycles. The van der Waals surface area contributed by atoms with E-state index in [4.69, 9.17) is 19.5 Å². The normalized spacial score (nSPS) is 9.94. The zero-order valence-corrected chi connectivity index (χ0v) is 11.2. The Morgan fingerprint density at radius 3 is 2.65 bits per heavy atom. The van der Waals surface area contributed by atoms with Crippen LogP contribution in [0.3, 0.4) is 0 Å². The highest BCUT2D eigenvalue weighted by Crippen LogP contribution is 2.20. The minimum atomic E-state index is 0.449. The van der Waals surface area contributed by atoms with E-state index >= 15 is 0 Å². The smallest absolute Gasteiger partial charge is 0.121 e. The Morgan fingerprint density at radius 1 is 1.18 bits per heavy atom. The highest BCUT2D eigenvalue weighted by atomic mass is 79.9. The van der Waals surface area contributed by atoms with Crippen LogP contribution < -0.4 is 4.74 Å². The Balaban J connectivity index is 2.32. The second kappa shape index (κ2) is 8.07. The van der Waals surface area contributed by atoms with E-state index < -0.39 is 0 Å². The van der Waals surface area contributed by atoms with Crippen LogP contribution in [0.25, 0.3) is 0 Å². The molecule has 0 amide bonds. The third-order valence-corrected chi connectivity index (χ3v) is 2.39. The highest BCUT2D eigenvalue weighted by molar-refractivity contribution is 9.10. The van der Waals surface area contributed by atoms with Crippen LogP contribution in [0.1, 0.15) is 5.56 Å². The van der Waals surface area contributed by atoms with Crippen molar-refractivity contribution in [3.8, 4) is 11.8 Å². The molecule has 0 saturated heterocycles. The first kappa shape index (κ1) is 14.0. The monoisotopic (exact) mass is 299 g/mol. The first-order chi connectivity index (χ1) is 8.26. The molecule has 92 valence electrons. The maximum Gasteiger partial charge on any atom is 0.121 e. The Kier molecular flexibility index (Phi) is 6.63. The van der Waals surface area contributed by atoms with E-state index in [9.17, 15) is 0 Å². The van der Waals surface area contributed by atoms with Gasteiger partial charge in [-0.05, 0) is 18.2 Å². The maximum absolute atomic E-state index is 8.79. The molecule has 0 spiro atoms. The van der Waals surface area contributed by atoms with Crippen LogP contribution in [0.15, 0.2) is 22.7 Å². The Morgan fingerprint density at radius 2 is 1.94 bits per heavy atom. The number of halogens is 1. The van der Waals surface area contributed by atoms with E-state index in [1.165, 1.54) is 0 Å². The molecular weight excluding hydrogens is 286 g/mol. The average molecular weight is 300 g/mol. The molecule has 4 nitrogen and oxygen atoms in total. The van der Waals surface area contributed by atoms with Crippen molar-refractivity contribution < 1.29 is 14.2 Å². The van der Waals surface area contributed by atoms with Crippen molar-refractivity contribution >= 4 is 15.9 Å². The lowest BCUT2D eigenvalue weighted by Crippen LogP contribution is -2.10. The van der Waals surface area contributed by atoms with Gasteiger partial charge in [-0.2, -0.15) is 5.26 Å². The summed E-state index contributed by atoms with van der Waals surface area (Å²) >= 11 is 3.32. The third-order valence-electron chi connectivity index (χ3n) is 1.93. The van der Waals surface area contributed by atoms with E-state index in [0.717, 1.165) is 4.47 Å². The molecule has 0 aliphatic carbocycles. The number of nitrogens with zero attached hydrogens (tertiary/aromatic N) is 1. The van der Waals surface area contributed by atoms with Crippen molar-refractivity contribution in [1.29, 1.82) is 5.26 Å². The fourth-order valence-corrected chi connectivity index (χ4v) is 1.65. The summed E-state index contributed by atoms with van der Waals surface area (Å²) in [6.45, 7) is 2.08. The molecule has 0 radical (unpaired) electrons. The largest absolute Gasteiger partial charge is 0.491 e. The number of ether oxygens (including phenoxy) is 3. The molecule has 5 heteroatoms. The summed E-state index contributed by atoms with van der Waals surface area (Å²) in [6.07, 6.45) is 0. The van der Waals surface area contributed by atoms with Gasteiger partial charge in [0.05, 0.1) is 31.5 Å². The second-order valence-corrected chi connectivity index (χ2v) is 4.16. The summed E-state index contributed by atoms with van der Waals surface area (Å²) in [5.41, 5.74) is 0.565. The first-order valence-electron chi connectivity index (χ1n) is 5.16. The van der Waals surface area contributed by atoms with Gasteiger partial charge in [-0.15, -0.1) is 0 Å². The molecule has 0 N–H and O–H groups in total. The van der Waals surface area contributed by atoms with Crippen LogP contribution >= 0.6 is 15.9 Å².